The standard InChI is InChI=1S/C6H9NO/c1-3-5-4-7(2)6(5)8/h3H,4H2,1-2H3. The predicted molar refractivity (Wildman–Crippen MR) is 31.4 cm³/mol. The van der Waals surface area contributed by atoms with E-state index in [1.807, 2.05) is 13.0 Å². The molecule has 0 spiro atoms. The molecule has 0 atom stereocenters. The number of hydrogen-bond donors (Lipinski definition) is 0. The van der Waals surface area contributed by atoms with E-state index in [-0.39, 0.29) is 5.91 Å². The minimum atomic E-state index is 0.174. The summed E-state index contributed by atoms with van der Waals surface area (Å²) in [4.78, 5) is 12.3. The number of nitrogens with zero attached hydrogens (tertiary/aromatic N) is 1. The number of likely N-dealkylation sites (tertiary alicyclic amines) is 1. The Labute approximate surface area is 48.8 Å². The Morgan fingerprint density at radius 3 is 2.50 bits per heavy atom. The Bertz CT molecular complexity index is 149. The number of carbonyl (C=O) groups is 1. The molecule has 0 aromatic rings. The lowest BCUT2D eigenvalue weighted by molar-refractivity contribution is -0.131. The van der Waals surface area contributed by atoms with E-state index < -0.39 is 0 Å². The second-order valence-corrected chi connectivity index (χ2v) is 1.98. The topological polar surface area (TPSA) is 20.3 Å². The van der Waals surface area contributed by atoms with Crippen LogP contribution < -0.4 is 0 Å². The van der Waals surface area contributed by atoms with E-state index >= 15 is 0 Å². The van der Waals surface area contributed by atoms with Gasteiger partial charge in [-0.05, 0) is 6.92 Å². The lowest BCUT2D eigenvalue weighted by Gasteiger charge is -2.28. The van der Waals surface area contributed by atoms with E-state index in [4.69, 9.17) is 0 Å². The van der Waals surface area contributed by atoms with Gasteiger partial charge in [-0.15, -0.1) is 0 Å². The number of rotatable bonds is 0. The van der Waals surface area contributed by atoms with Crippen molar-refractivity contribution in [3.63, 3.8) is 0 Å². The lowest BCUT2D eigenvalue weighted by Crippen LogP contribution is -2.42. The summed E-state index contributed by atoms with van der Waals surface area (Å²) in [7, 11) is 1.80. The molecule has 0 aliphatic carbocycles. The van der Waals surface area contributed by atoms with Crippen molar-refractivity contribution < 1.29 is 4.79 Å². The van der Waals surface area contributed by atoms with E-state index in [9.17, 15) is 4.79 Å². The van der Waals surface area contributed by atoms with Gasteiger partial charge in [0.15, 0.2) is 0 Å². The summed E-state index contributed by atoms with van der Waals surface area (Å²) in [5, 5.41) is 0. The molecule has 1 aliphatic heterocycles. The maximum absolute atomic E-state index is 10.7. The van der Waals surface area contributed by atoms with E-state index in [2.05, 4.69) is 0 Å². The van der Waals surface area contributed by atoms with Crippen LogP contribution in [0.3, 0.4) is 0 Å². The van der Waals surface area contributed by atoms with Crippen LogP contribution in [0.15, 0.2) is 11.6 Å². The zero-order valence-electron chi connectivity index (χ0n) is 5.14. The molecule has 0 aromatic heterocycles. The van der Waals surface area contributed by atoms with Crippen molar-refractivity contribution in [2.75, 3.05) is 13.6 Å². The molecule has 2 heteroatoms. The first-order valence-electron chi connectivity index (χ1n) is 2.66. The van der Waals surface area contributed by atoms with Gasteiger partial charge in [-0.25, -0.2) is 0 Å². The highest BCUT2D eigenvalue weighted by Gasteiger charge is 2.24. The number of likely N-dealkylation sites (N-methyl/N-ethyl adjacent to an activating group) is 1. The normalized spacial score (nSPS) is 24.0. The van der Waals surface area contributed by atoms with Crippen LogP contribution in [0.5, 0.6) is 0 Å². The van der Waals surface area contributed by atoms with E-state index in [1.54, 1.807) is 11.9 Å². The van der Waals surface area contributed by atoms with Gasteiger partial charge in [0.05, 0.1) is 6.54 Å². The van der Waals surface area contributed by atoms with Crippen LogP contribution in [0.1, 0.15) is 6.92 Å². The molecule has 0 saturated carbocycles. The van der Waals surface area contributed by atoms with Gasteiger partial charge in [0.25, 0.3) is 5.91 Å². The molecular formula is C6H9NO. The minimum absolute atomic E-state index is 0.174. The smallest absolute Gasteiger partial charge is 0.251 e. The molecule has 1 fully saturated rings. The zero-order chi connectivity index (χ0) is 6.15. The average molecular weight is 111 g/mol. The van der Waals surface area contributed by atoms with Gasteiger partial charge < -0.3 is 4.90 Å². The van der Waals surface area contributed by atoms with Crippen molar-refractivity contribution in [1.82, 2.24) is 4.90 Å². The van der Waals surface area contributed by atoms with Gasteiger partial charge in [-0.1, -0.05) is 6.08 Å². The maximum atomic E-state index is 10.7. The molecular weight excluding hydrogens is 102 g/mol. The summed E-state index contributed by atoms with van der Waals surface area (Å²) in [5.74, 6) is 0.174. The molecule has 2 nitrogen and oxygen atoms in total. The molecule has 8 heavy (non-hydrogen) atoms. The molecule has 1 heterocycles. The van der Waals surface area contributed by atoms with Crippen molar-refractivity contribution in [2.24, 2.45) is 0 Å². The fourth-order valence-electron chi connectivity index (χ4n) is 0.764. The first-order chi connectivity index (χ1) is 3.75. The monoisotopic (exact) mass is 111 g/mol. The zero-order valence-corrected chi connectivity index (χ0v) is 5.14. The highest BCUT2D eigenvalue weighted by Crippen LogP contribution is 2.12. The highest BCUT2D eigenvalue weighted by molar-refractivity contribution is 5.99. The fraction of sp³-hybridized carbons (Fsp3) is 0.500. The summed E-state index contributed by atoms with van der Waals surface area (Å²) >= 11 is 0. The van der Waals surface area contributed by atoms with Crippen molar-refractivity contribution in [2.45, 2.75) is 6.92 Å². The number of carbonyl (C=O) groups excluding carboxylic acids is 1. The van der Waals surface area contributed by atoms with E-state index in [0.717, 1.165) is 12.1 Å². The maximum Gasteiger partial charge on any atom is 0.251 e. The lowest BCUT2D eigenvalue weighted by atomic mass is 10.1. The Balaban J connectivity index is 2.61. The van der Waals surface area contributed by atoms with Gasteiger partial charge in [0.2, 0.25) is 0 Å². The fourth-order valence-corrected chi connectivity index (χ4v) is 0.764. The Kier molecular flexibility index (Phi) is 1.08. The van der Waals surface area contributed by atoms with Crippen LogP contribution in [0.4, 0.5) is 0 Å². The van der Waals surface area contributed by atoms with Gasteiger partial charge in [-0.3, -0.25) is 4.79 Å². The van der Waals surface area contributed by atoms with Crippen LogP contribution in [0, 0.1) is 0 Å². The second kappa shape index (κ2) is 1.62. The SMILES string of the molecule is CC=C1CN(C)C1=O. The molecule has 0 unspecified atom stereocenters. The van der Waals surface area contributed by atoms with Crippen LogP contribution in [-0.4, -0.2) is 24.4 Å². The summed E-state index contributed by atoms with van der Waals surface area (Å²) in [6, 6.07) is 0. The average Bonchev–Trinajstić information content (AvgIpc) is 1.81. The van der Waals surface area contributed by atoms with Crippen molar-refractivity contribution >= 4 is 5.91 Å². The highest BCUT2D eigenvalue weighted by atomic mass is 16.2. The first kappa shape index (κ1) is 5.35. The first-order valence-corrected chi connectivity index (χ1v) is 2.66. The summed E-state index contributed by atoms with van der Waals surface area (Å²) in [6.45, 7) is 2.72. The summed E-state index contributed by atoms with van der Waals surface area (Å²) in [6.07, 6.45) is 1.86. The quantitative estimate of drug-likeness (QED) is 0.327. The summed E-state index contributed by atoms with van der Waals surface area (Å²) in [5.41, 5.74) is 0.938. The molecule has 44 valence electrons. The number of hydrogen-bond acceptors (Lipinski definition) is 1. The number of allylic oxidation sites excluding steroid dienone is 1. The van der Waals surface area contributed by atoms with Crippen LogP contribution in [0.25, 0.3) is 0 Å². The Hall–Kier alpha value is -0.790. The van der Waals surface area contributed by atoms with Crippen molar-refractivity contribution in [3.8, 4) is 0 Å². The summed E-state index contributed by atoms with van der Waals surface area (Å²) < 4.78 is 0. The third-order valence-corrected chi connectivity index (χ3v) is 1.38. The largest absolute Gasteiger partial charge is 0.337 e. The molecule has 1 aliphatic rings. The third-order valence-electron chi connectivity index (χ3n) is 1.38. The Morgan fingerprint density at radius 1 is 1.75 bits per heavy atom. The third kappa shape index (κ3) is 0.529. The molecule has 1 amide bonds. The second-order valence-electron chi connectivity index (χ2n) is 1.98. The van der Waals surface area contributed by atoms with Crippen LogP contribution in [0.2, 0.25) is 0 Å². The van der Waals surface area contributed by atoms with E-state index in [1.165, 1.54) is 0 Å². The minimum Gasteiger partial charge on any atom is -0.337 e. The molecule has 0 aromatic carbocycles. The van der Waals surface area contributed by atoms with Crippen LogP contribution >= 0.6 is 0 Å². The molecule has 0 N–H and O–H groups in total. The van der Waals surface area contributed by atoms with Gasteiger partial charge in [0.1, 0.15) is 0 Å². The Morgan fingerprint density at radius 2 is 2.38 bits per heavy atom. The van der Waals surface area contributed by atoms with Crippen molar-refractivity contribution in [3.05, 3.63) is 11.6 Å². The molecule has 0 bridgehead atoms. The van der Waals surface area contributed by atoms with Crippen LogP contribution in [-0.2, 0) is 4.79 Å². The van der Waals surface area contributed by atoms with Gasteiger partial charge >= 0.3 is 0 Å². The van der Waals surface area contributed by atoms with Gasteiger partial charge in [-0.2, -0.15) is 0 Å². The predicted octanol–water partition coefficient (Wildman–Crippen LogP) is 0.405. The molecule has 0 radical (unpaired) electrons. The molecule has 1 saturated heterocycles. The van der Waals surface area contributed by atoms with Gasteiger partial charge in [0, 0.05) is 12.6 Å². The number of amides is 1. The molecule has 1 rings (SSSR count). The van der Waals surface area contributed by atoms with E-state index in [0.29, 0.717) is 0 Å². The number of β-lactam (4-membered cyclic amide) rings is 1. The van der Waals surface area contributed by atoms with Crippen molar-refractivity contribution in [1.29, 1.82) is 0 Å².